The van der Waals surface area contributed by atoms with E-state index < -0.39 is 18.4 Å². The number of H-pyrrole nitrogens is 2. The van der Waals surface area contributed by atoms with Crippen molar-refractivity contribution >= 4 is 34.2 Å². The van der Waals surface area contributed by atoms with E-state index in [4.69, 9.17) is 19.4 Å². The second kappa shape index (κ2) is 15.5. The van der Waals surface area contributed by atoms with Crippen molar-refractivity contribution in [2.45, 2.75) is 96.5 Å². The fraction of sp³-hybridized carbons (Fsp3) is 0.435. The van der Waals surface area contributed by atoms with E-state index in [0.29, 0.717) is 29.2 Å². The van der Waals surface area contributed by atoms with Gasteiger partial charge in [-0.1, -0.05) is 26.8 Å². The van der Waals surface area contributed by atoms with Crippen LogP contribution in [-0.2, 0) is 22.4 Å². The van der Waals surface area contributed by atoms with Crippen LogP contribution >= 0.6 is 11.3 Å². The van der Waals surface area contributed by atoms with Crippen LogP contribution in [0.2, 0.25) is 0 Å². The maximum atomic E-state index is 16.7. The molecule has 0 radical (unpaired) electrons. The Morgan fingerprint density at radius 3 is 2.47 bits per heavy atom. The van der Waals surface area contributed by atoms with Gasteiger partial charge in [0.05, 0.1) is 64.6 Å². The Labute approximate surface area is 352 Å². The van der Waals surface area contributed by atoms with Crippen molar-refractivity contribution in [3.8, 4) is 39.5 Å². The zero-order chi connectivity index (χ0) is 41.2. The summed E-state index contributed by atoms with van der Waals surface area (Å²) < 4.78 is 30.6. The average Bonchev–Trinajstić information content (AvgIpc) is 4.11. The number of alkyl carbamates (subject to hydrolysis) is 1. The molecular formula is C46H51FN8O4S. The van der Waals surface area contributed by atoms with Crippen LogP contribution < -0.4 is 10.1 Å². The summed E-state index contributed by atoms with van der Waals surface area (Å²) in [6.07, 6.45) is 10.8. The van der Waals surface area contributed by atoms with Crippen molar-refractivity contribution in [2.75, 3.05) is 26.7 Å². The number of hydrogen-bond acceptors (Lipinski definition) is 8. The molecule has 10 rings (SSSR count). The summed E-state index contributed by atoms with van der Waals surface area (Å²) in [5.41, 5.74) is 6.77. The van der Waals surface area contributed by atoms with Crippen molar-refractivity contribution in [1.82, 2.24) is 39.6 Å². The van der Waals surface area contributed by atoms with Gasteiger partial charge in [-0.15, -0.1) is 11.3 Å². The Hall–Kier alpha value is -5.47. The molecule has 14 heteroatoms. The molecule has 3 aliphatic heterocycles. The predicted molar refractivity (Wildman–Crippen MR) is 229 cm³/mol. The lowest BCUT2D eigenvalue weighted by molar-refractivity contribution is -0.135. The number of aryl methyl sites for hydroxylation is 2. The van der Waals surface area contributed by atoms with Gasteiger partial charge in [0.25, 0.3) is 0 Å². The lowest BCUT2D eigenvalue weighted by Crippen LogP contribution is -2.51. The van der Waals surface area contributed by atoms with Gasteiger partial charge < -0.3 is 29.7 Å². The standard InChI is InChI=1S/C46H51FN8O4S/c1-5-53-16-8-11-34(53)42-48-24-32(51-42)28-19-30(47)40-36-20-29-18-26(14-15-33(29)55(36)45(59-37(40)21-28)39-22-27-10-6-7-13-38(27)60-39)31-23-49-43(50-31)35-12-9-17-54(35)44(56)41(25(2)3)52-46(57)58-4/h14-15,18-25,34-35,41,45H,5-13,16-17H2,1-4H3,(H,48,51)(H,49,50)(H,52,57)/t34-,35-,41-,45?/m0/s1. The number of nitrogens with one attached hydrogen (secondary N) is 3. The summed E-state index contributed by atoms with van der Waals surface area (Å²) in [5, 5.41) is 3.67. The number of aromatic nitrogens is 5. The summed E-state index contributed by atoms with van der Waals surface area (Å²) >= 11 is 1.81. The Balaban J connectivity index is 1.00. The minimum atomic E-state index is -0.711. The second-order valence-electron chi connectivity index (χ2n) is 17.0. The highest BCUT2D eigenvalue weighted by atomic mass is 32.1. The fourth-order valence-corrected chi connectivity index (χ4v) is 11.2. The molecule has 2 fully saturated rings. The minimum absolute atomic E-state index is 0.124. The summed E-state index contributed by atoms with van der Waals surface area (Å²) in [4.78, 5) is 49.2. The smallest absolute Gasteiger partial charge is 0.407 e. The van der Waals surface area contributed by atoms with Crippen LogP contribution in [0, 0.1) is 11.7 Å². The number of ether oxygens (including phenoxy) is 2. The Morgan fingerprint density at radius 1 is 0.950 bits per heavy atom. The van der Waals surface area contributed by atoms with Crippen LogP contribution in [-0.4, -0.2) is 79.1 Å². The molecule has 2 amide bonds. The van der Waals surface area contributed by atoms with Crippen molar-refractivity contribution < 1.29 is 23.5 Å². The number of hydrogen-bond donors (Lipinski definition) is 3. The SMILES string of the molecule is CCN1CCC[C@H]1c1ncc(-c2cc(F)c3c(c2)OC(c2cc4c(s2)CCCC4)n2c-3cc3cc(-c4cnc([C@@H]5CCCN5C(=O)[C@@H](NC(=O)OC)C(C)C)[nH]4)ccc32)[nH]1. The maximum Gasteiger partial charge on any atom is 0.407 e. The van der Waals surface area contributed by atoms with E-state index in [0.717, 1.165) is 95.9 Å². The number of thiophene rings is 1. The molecule has 60 heavy (non-hydrogen) atoms. The molecule has 4 aliphatic rings. The number of methoxy groups -OCH3 is 1. The van der Waals surface area contributed by atoms with Gasteiger partial charge in [-0.2, -0.15) is 0 Å². The fourth-order valence-electron chi connectivity index (χ4n) is 9.93. The van der Waals surface area contributed by atoms with Crippen LogP contribution in [0.1, 0.15) is 105 Å². The number of nitrogens with zero attached hydrogens (tertiary/aromatic N) is 5. The monoisotopic (exact) mass is 830 g/mol. The predicted octanol–water partition coefficient (Wildman–Crippen LogP) is 9.31. The number of carbonyl (C=O) groups excluding carboxylic acids is 2. The third kappa shape index (κ3) is 6.68. The number of likely N-dealkylation sites (tertiary alicyclic amines) is 2. The number of halogens is 1. The molecule has 2 saturated heterocycles. The Bertz CT molecular complexity index is 2580. The van der Waals surface area contributed by atoms with E-state index in [1.165, 1.54) is 30.4 Å². The van der Waals surface area contributed by atoms with Crippen LogP contribution in [0.25, 0.3) is 44.7 Å². The van der Waals surface area contributed by atoms with E-state index in [1.807, 2.05) is 48.5 Å². The van der Waals surface area contributed by atoms with Crippen LogP contribution in [0.5, 0.6) is 5.75 Å². The highest BCUT2D eigenvalue weighted by Gasteiger charge is 2.38. The van der Waals surface area contributed by atoms with Gasteiger partial charge in [-0.3, -0.25) is 14.3 Å². The first-order valence-corrected chi connectivity index (χ1v) is 22.3. The van der Waals surface area contributed by atoms with Gasteiger partial charge >= 0.3 is 6.09 Å². The highest BCUT2D eigenvalue weighted by molar-refractivity contribution is 7.12. The zero-order valence-corrected chi connectivity index (χ0v) is 35.3. The molecule has 312 valence electrons. The molecule has 0 saturated carbocycles. The second-order valence-corrected chi connectivity index (χ2v) is 18.1. The molecule has 4 aromatic heterocycles. The molecular weight excluding hydrogens is 780 g/mol. The molecule has 0 bridgehead atoms. The maximum absolute atomic E-state index is 16.7. The molecule has 7 heterocycles. The number of imidazole rings is 2. The molecule has 1 aliphatic carbocycles. The van der Waals surface area contributed by atoms with E-state index in [9.17, 15) is 9.59 Å². The molecule has 2 aromatic carbocycles. The van der Waals surface area contributed by atoms with E-state index in [-0.39, 0.29) is 29.7 Å². The topological polar surface area (TPSA) is 133 Å². The lowest BCUT2D eigenvalue weighted by atomic mass is 9.99. The summed E-state index contributed by atoms with van der Waals surface area (Å²) in [5.74, 6) is 1.51. The quantitative estimate of drug-likeness (QED) is 0.132. The zero-order valence-electron chi connectivity index (χ0n) is 34.5. The van der Waals surface area contributed by atoms with Crippen molar-refractivity contribution in [3.63, 3.8) is 0 Å². The first-order chi connectivity index (χ1) is 29.2. The molecule has 1 unspecified atom stereocenters. The summed E-state index contributed by atoms with van der Waals surface area (Å²) in [6, 6.07) is 13.5. The van der Waals surface area contributed by atoms with E-state index in [1.54, 1.807) is 6.07 Å². The summed E-state index contributed by atoms with van der Waals surface area (Å²) in [6.45, 7) is 8.59. The van der Waals surface area contributed by atoms with Gasteiger partial charge in [0.2, 0.25) is 12.1 Å². The van der Waals surface area contributed by atoms with Crippen molar-refractivity contribution in [3.05, 3.63) is 87.6 Å². The number of aromatic amines is 2. The van der Waals surface area contributed by atoms with Gasteiger partial charge in [-0.25, -0.2) is 19.2 Å². The van der Waals surface area contributed by atoms with Crippen LogP contribution in [0.15, 0.2) is 54.9 Å². The average molecular weight is 831 g/mol. The Morgan fingerprint density at radius 2 is 1.70 bits per heavy atom. The normalized spacial score (nSPS) is 20.6. The van der Waals surface area contributed by atoms with Crippen molar-refractivity contribution in [2.24, 2.45) is 5.92 Å². The van der Waals surface area contributed by atoms with Crippen molar-refractivity contribution in [1.29, 1.82) is 0 Å². The molecule has 6 aromatic rings. The van der Waals surface area contributed by atoms with Crippen LogP contribution in [0.3, 0.4) is 0 Å². The third-order valence-electron chi connectivity index (χ3n) is 13.0. The number of amides is 2. The van der Waals surface area contributed by atoms with E-state index >= 15 is 4.39 Å². The first-order valence-electron chi connectivity index (χ1n) is 21.5. The van der Waals surface area contributed by atoms with Gasteiger partial charge in [0.1, 0.15) is 29.3 Å². The largest absolute Gasteiger partial charge is 0.464 e. The minimum Gasteiger partial charge on any atom is -0.464 e. The highest BCUT2D eigenvalue weighted by Crippen LogP contribution is 2.49. The third-order valence-corrected chi connectivity index (χ3v) is 14.3. The molecule has 3 N–H and O–H groups in total. The molecule has 12 nitrogen and oxygen atoms in total. The van der Waals surface area contributed by atoms with Crippen LogP contribution in [0.4, 0.5) is 9.18 Å². The molecule has 4 atom stereocenters. The first kappa shape index (κ1) is 38.7. The summed E-state index contributed by atoms with van der Waals surface area (Å²) in [7, 11) is 1.30. The van der Waals surface area contributed by atoms with Gasteiger partial charge in [0.15, 0.2) is 0 Å². The lowest BCUT2D eigenvalue weighted by Gasteiger charge is -2.30. The van der Waals surface area contributed by atoms with Gasteiger partial charge in [0, 0.05) is 27.9 Å². The molecule has 0 spiro atoms. The van der Waals surface area contributed by atoms with E-state index in [2.05, 4.69) is 62.0 Å². The Kier molecular flexibility index (Phi) is 10.0. The van der Waals surface area contributed by atoms with Gasteiger partial charge in [-0.05, 0) is 112 Å². The number of carbonyl (C=O) groups is 2. The number of fused-ring (bicyclic) bond motifs is 6. The number of benzene rings is 2. The number of rotatable bonds is 9.